The molecule has 126 valence electrons. The van der Waals surface area contributed by atoms with Gasteiger partial charge in [0.15, 0.2) is 11.3 Å². The highest BCUT2D eigenvalue weighted by molar-refractivity contribution is 5.50. The number of hydrogen-bond acceptors (Lipinski definition) is 7. The fourth-order valence-corrected chi connectivity index (χ4v) is 3.19. The summed E-state index contributed by atoms with van der Waals surface area (Å²) in [6.45, 7) is 4.83. The lowest BCUT2D eigenvalue weighted by atomic mass is 10.0. The minimum Gasteiger partial charge on any atom is -0.369 e. The number of nitrogens with one attached hydrogen (secondary N) is 1. The average molecular weight is 335 g/mol. The van der Waals surface area contributed by atoms with Gasteiger partial charge in [-0.3, -0.25) is 0 Å². The molecule has 4 aromatic heterocycles. The number of fused-ring (bicyclic) bond motifs is 2. The molecule has 1 fully saturated rings. The van der Waals surface area contributed by atoms with E-state index in [0.717, 1.165) is 48.3 Å². The van der Waals surface area contributed by atoms with Crippen LogP contribution in [-0.2, 0) is 0 Å². The Morgan fingerprint density at radius 3 is 3.04 bits per heavy atom. The maximum atomic E-state index is 4.53. The van der Waals surface area contributed by atoms with Crippen molar-refractivity contribution in [2.45, 2.75) is 6.92 Å². The second kappa shape index (κ2) is 5.40. The monoisotopic (exact) mass is 335 g/mol. The molecule has 0 aliphatic carbocycles. The van der Waals surface area contributed by atoms with E-state index in [1.54, 1.807) is 17.0 Å². The molecule has 0 bridgehead atoms. The highest BCUT2D eigenvalue weighted by Crippen LogP contribution is 2.23. The number of rotatable bonds is 4. The normalized spacial score (nSPS) is 15.0. The number of anilines is 2. The highest BCUT2D eigenvalue weighted by atomic mass is 15.4. The molecule has 1 saturated heterocycles. The van der Waals surface area contributed by atoms with Gasteiger partial charge in [0.05, 0.1) is 6.20 Å². The van der Waals surface area contributed by atoms with Crippen molar-refractivity contribution >= 4 is 22.9 Å². The molecule has 0 atom stereocenters. The van der Waals surface area contributed by atoms with Crippen molar-refractivity contribution in [2.24, 2.45) is 5.92 Å². The predicted molar refractivity (Wildman–Crippen MR) is 92.7 cm³/mol. The second-order valence-corrected chi connectivity index (χ2v) is 6.36. The molecular weight excluding hydrogens is 318 g/mol. The van der Waals surface area contributed by atoms with Gasteiger partial charge in [0.25, 0.3) is 0 Å². The predicted octanol–water partition coefficient (Wildman–Crippen LogP) is 1.02. The Hall–Kier alpha value is -3.23. The molecule has 0 spiro atoms. The minimum absolute atomic E-state index is 0.567. The van der Waals surface area contributed by atoms with Crippen LogP contribution >= 0.6 is 0 Å². The Labute approximate surface area is 143 Å². The van der Waals surface area contributed by atoms with Gasteiger partial charge >= 0.3 is 0 Å². The molecule has 1 aliphatic rings. The van der Waals surface area contributed by atoms with Crippen LogP contribution < -0.4 is 10.2 Å². The van der Waals surface area contributed by atoms with Gasteiger partial charge in [0, 0.05) is 43.4 Å². The molecule has 0 aromatic carbocycles. The lowest BCUT2D eigenvalue weighted by molar-refractivity contribution is 0.424. The molecule has 0 amide bonds. The van der Waals surface area contributed by atoms with E-state index in [0.29, 0.717) is 5.92 Å². The molecule has 9 heteroatoms. The molecule has 1 N–H and O–H groups in total. The third-order valence-corrected chi connectivity index (χ3v) is 4.49. The quantitative estimate of drug-likeness (QED) is 0.596. The lowest BCUT2D eigenvalue weighted by Crippen LogP contribution is -2.50. The first-order chi connectivity index (χ1) is 12.3. The summed E-state index contributed by atoms with van der Waals surface area (Å²) in [6.07, 6.45) is 3.39. The van der Waals surface area contributed by atoms with Crippen molar-refractivity contribution in [1.29, 1.82) is 0 Å². The zero-order chi connectivity index (χ0) is 16.8. The van der Waals surface area contributed by atoms with E-state index in [4.69, 9.17) is 0 Å². The van der Waals surface area contributed by atoms with E-state index in [9.17, 15) is 0 Å². The van der Waals surface area contributed by atoms with Crippen molar-refractivity contribution in [2.75, 3.05) is 29.9 Å². The average Bonchev–Trinajstić information content (AvgIpc) is 3.21. The van der Waals surface area contributed by atoms with Crippen molar-refractivity contribution < 1.29 is 0 Å². The third-order valence-electron chi connectivity index (χ3n) is 4.49. The molecule has 0 saturated carbocycles. The largest absolute Gasteiger partial charge is 0.369 e. The second-order valence-electron chi connectivity index (χ2n) is 6.36. The van der Waals surface area contributed by atoms with Crippen LogP contribution in [0.25, 0.3) is 11.3 Å². The molecule has 0 radical (unpaired) electrons. The smallest absolute Gasteiger partial charge is 0.177 e. The molecule has 0 unspecified atom stereocenters. The van der Waals surface area contributed by atoms with Crippen LogP contribution in [0.3, 0.4) is 0 Å². The van der Waals surface area contributed by atoms with Gasteiger partial charge in [-0.05, 0) is 19.1 Å². The molecule has 1 aliphatic heterocycles. The Kier molecular flexibility index (Phi) is 3.06. The summed E-state index contributed by atoms with van der Waals surface area (Å²) in [6, 6.07) is 7.87. The van der Waals surface area contributed by atoms with Gasteiger partial charge in [-0.15, -0.1) is 15.3 Å². The molecular formula is C16H17N9. The number of nitrogens with zero attached hydrogens (tertiary/aromatic N) is 8. The summed E-state index contributed by atoms with van der Waals surface area (Å²) in [5.41, 5.74) is 2.61. The number of aromatic nitrogens is 7. The van der Waals surface area contributed by atoms with Crippen molar-refractivity contribution in [3.05, 3.63) is 42.5 Å². The van der Waals surface area contributed by atoms with Crippen LogP contribution in [0.2, 0.25) is 0 Å². The Balaban J connectivity index is 1.24. The summed E-state index contributed by atoms with van der Waals surface area (Å²) >= 11 is 0. The van der Waals surface area contributed by atoms with Gasteiger partial charge < -0.3 is 10.2 Å². The summed E-state index contributed by atoms with van der Waals surface area (Å²) in [7, 11) is 0. The van der Waals surface area contributed by atoms with E-state index in [1.165, 1.54) is 0 Å². The van der Waals surface area contributed by atoms with Crippen LogP contribution in [-0.4, -0.2) is 54.0 Å². The molecule has 5 rings (SSSR count). The molecule has 9 nitrogen and oxygen atoms in total. The standard InChI is InChI=1S/C16H17N9/c1-11-6-16(25-13(20-11)4-5-19-25)17-7-12-8-23(9-12)15-3-2-14-21-18-10-24(14)22-15/h2-6,10,12,17H,7-9H2,1H3. The highest BCUT2D eigenvalue weighted by Gasteiger charge is 2.28. The van der Waals surface area contributed by atoms with E-state index in [-0.39, 0.29) is 0 Å². The maximum absolute atomic E-state index is 4.53. The summed E-state index contributed by atoms with van der Waals surface area (Å²) < 4.78 is 3.54. The summed E-state index contributed by atoms with van der Waals surface area (Å²) in [4.78, 5) is 6.72. The van der Waals surface area contributed by atoms with Crippen molar-refractivity contribution in [3.63, 3.8) is 0 Å². The zero-order valence-electron chi connectivity index (χ0n) is 13.7. The van der Waals surface area contributed by atoms with Gasteiger partial charge in [-0.2, -0.15) is 14.1 Å². The van der Waals surface area contributed by atoms with Crippen LogP contribution in [0.5, 0.6) is 0 Å². The Morgan fingerprint density at radius 2 is 2.12 bits per heavy atom. The zero-order valence-corrected chi connectivity index (χ0v) is 13.7. The van der Waals surface area contributed by atoms with E-state index >= 15 is 0 Å². The topological polar surface area (TPSA) is 88.5 Å². The SMILES string of the molecule is Cc1cc(NCC2CN(c3ccc4nncn4n3)C2)n2nccc2n1. The van der Waals surface area contributed by atoms with Crippen molar-refractivity contribution in [1.82, 2.24) is 34.4 Å². The van der Waals surface area contributed by atoms with Crippen LogP contribution in [0.4, 0.5) is 11.6 Å². The van der Waals surface area contributed by atoms with Crippen LogP contribution in [0.1, 0.15) is 5.69 Å². The van der Waals surface area contributed by atoms with E-state index < -0.39 is 0 Å². The fraction of sp³-hybridized carbons (Fsp3) is 0.312. The first kappa shape index (κ1) is 14.1. The van der Waals surface area contributed by atoms with Gasteiger partial charge in [0.2, 0.25) is 0 Å². The maximum Gasteiger partial charge on any atom is 0.177 e. The number of aryl methyl sites for hydroxylation is 1. The lowest BCUT2D eigenvalue weighted by Gasteiger charge is -2.40. The molecule has 5 heterocycles. The molecule has 25 heavy (non-hydrogen) atoms. The van der Waals surface area contributed by atoms with Gasteiger partial charge in [-0.1, -0.05) is 0 Å². The van der Waals surface area contributed by atoms with Gasteiger partial charge in [0.1, 0.15) is 18.0 Å². The van der Waals surface area contributed by atoms with Crippen molar-refractivity contribution in [3.8, 4) is 0 Å². The van der Waals surface area contributed by atoms with Crippen LogP contribution in [0, 0.1) is 12.8 Å². The first-order valence-corrected chi connectivity index (χ1v) is 8.23. The Morgan fingerprint density at radius 1 is 1.20 bits per heavy atom. The van der Waals surface area contributed by atoms with Crippen LogP contribution in [0.15, 0.2) is 36.8 Å². The summed E-state index contributed by atoms with van der Waals surface area (Å²) in [5.74, 6) is 2.50. The third kappa shape index (κ3) is 2.44. The molecule has 4 aromatic rings. The van der Waals surface area contributed by atoms with E-state index in [2.05, 4.69) is 35.6 Å². The van der Waals surface area contributed by atoms with Gasteiger partial charge in [-0.25, -0.2) is 4.98 Å². The Bertz CT molecular complexity index is 1040. The fourth-order valence-electron chi connectivity index (χ4n) is 3.19. The summed E-state index contributed by atoms with van der Waals surface area (Å²) in [5, 5.41) is 20.2. The van der Waals surface area contributed by atoms with E-state index in [1.807, 2.05) is 35.7 Å². The minimum atomic E-state index is 0.567. The first-order valence-electron chi connectivity index (χ1n) is 8.23. The number of hydrogen-bond donors (Lipinski definition) is 1.